The smallest absolute Gasteiger partial charge is 0.179 e. The second-order valence-electron chi connectivity index (χ2n) is 3.64. The summed E-state index contributed by atoms with van der Waals surface area (Å²) in [5.74, 6) is 0.280. The largest absolute Gasteiger partial charge is 0.321 e. The summed E-state index contributed by atoms with van der Waals surface area (Å²) in [6, 6.07) is 8.86. The summed E-state index contributed by atoms with van der Waals surface area (Å²) in [5.41, 5.74) is 6.56. The van der Waals surface area contributed by atoms with Gasteiger partial charge in [0.25, 0.3) is 0 Å². The monoisotopic (exact) mass is 191 g/mol. The minimum Gasteiger partial charge on any atom is -0.321 e. The summed E-state index contributed by atoms with van der Waals surface area (Å²) >= 11 is 0. The third-order valence-corrected chi connectivity index (χ3v) is 2.62. The van der Waals surface area contributed by atoms with Crippen LogP contribution in [0.1, 0.15) is 30.6 Å². The molecule has 2 nitrogen and oxygen atoms in total. The first kappa shape index (κ1) is 10.9. The van der Waals surface area contributed by atoms with Crippen LogP contribution in [0.3, 0.4) is 0 Å². The molecule has 1 aromatic carbocycles. The molecule has 0 bridgehead atoms. The van der Waals surface area contributed by atoms with Gasteiger partial charge >= 0.3 is 0 Å². The lowest BCUT2D eigenvalue weighted by Crippen LogP contribution is -2.36. The molecule has 14 heavy (non-hydrogen) atoms. The van der Waals surface area contributed by atoms with Gasteiger partial charge in [-0.05, 0) is 5.92 Å². The summed E-state index contributed by atoms with van der Waals surface area (Å²) in [7, 11) is 0. The zero-order chi connectivity index (χ0) is 10.6. The normalized spacial score (nSPS) is 14.8. The van der Waals surface area contributed by atoms with E-state index in [0.29, 0.717) is 5.56 Å². The zero-order valence-electron chi connectivity index (χ0n) is 8.73. The van der Waals surface area contributed by atoms with E-state index in [4.69, 9.17) is 5.73 Å². The zero-order valence-corrected chi connectivity index (χ0v) is 8.73. The van der Waals surface area contributed by atoms with E-state index in [1.165, 1.54) is 0 Å². The highest BCUT2D eigenvalue weighted by Crippen LogP contribution is 2.11. The van der Waals surface area contributed by atoms with Crippen molar-refractivity contribution in [3.63, 3.8) is 0 Å². The second kappa shape index (κ2) is 4.91. The molecule has 0 aliphatic rings. The van der Waals surface area contributed by atoms with Crippen LogP contribution in [0.2, 0.25) is 0 Å². The highest BCUT2D eigenvalue weighted by atomic mass is 16.1. The van der Waals surface area contributed by atoms with Crippen LogP contribution in [-0.2, 0) is 0 Å². The highest BCUT2D eigenvalue weighted by Gasteiger charge is 2.20. The molecule has 0 amide bonds. The van der Waals surface area contributed by atoms with Crippen LogP contribution < -0.4 is 5.73 Å². The van der Waals surface area contributed by atoms with Gasteiger partial charge in [0.2, 0.25) is 0 Å². The first-order valence-electron chi connectivity index (χ1n) is 5.01. The standard InChI is InChI=1S/C12H17NO/c1-3-9(2)11(13)12(14)10-7-5-4-6-8-10/h4-9,11H,3,13H2,1-2H3. The van der Waals surface area contributed by atoms with Crippen molar-refractivity contribution in [3.8, 4) is 0 Å². The van der Waals surface area contributed by atoms with E-state index in [9.17, 15) is 4.79 Å². The molecule has 0 aromatic heterocycles. The van der Waals surface area contributed by atoms with E-state index < -0.39 is 0 Å². The predicted molar refractivity (Wildman–Crippen MR) is 58.2 cm³/mol. The lowest BCUT2D eigenvalue weighted by Gasteiger charge is -2.16. The maximum Gasteiger partial charge on any atom is 0.179 e. The number of ketones is 1. The van der Waals surface area contributed by atoms with Crippen molar-refractivity contribution in [1.82, 2.24) is 0 Å². The van der Waals surface area contributed by atoms with Crippen LogP contribution in [-0.4, -0.2) is 11.8 Å². The van der Waals surface area contributed by atoms with Crippen molar-refractivity contribution in [1.29, 1.82) is 0 Å². The number of hydrogen-bond donors (Lipinski definition) is 1. The maximum atomic E-state index is 11.8. The molecule has 1 aromatic rings. The number of Topliss-reactive ketones (excluding diaryl/α,β-unsaturated/α-hetero) is 1. The fraction of sp³-hybridized carbons (Fsp3) is 0.417. The molecule has 2 heteroatoms. The second-order valence-corrected chi connectivity index (χ2v) is 3.64. The van der Waals surface area contributed by atoms with Gasteiger partial charge in [-0.25, -0.2) is 0 Å². The van der Waals surface area contributed by atoms with Crippen LogP contribution in [0.4, 0.5) is 0 Å². The van der Waals surface area contributed by atoms with Crippen LogP contribution in [0.15, 0.2) is 30.3 Å². The lowest BCUT2D eigenvalue weighted by molar-refractivity contribution is 0.0935. The summed E-state index contributed by atoms with van der Waals surface area (Å²) < 4.78 is 0. The number of hydrogen-bond acceptors (Lipinski definition) is 2. The van der Waals surface area contributed by atoms with E-state index >= 15 is 0 Å². The maximum absolute atomic E-state index is 11.8. The van der Waals surface area contributed by atoms with E-state index in [-0.39, 0.29) is 17.7 Å². The van der Waals surface area contributed by atoms with Crippen molar-refractivity contribution in [2.45, 2.75) is 26.3 Å². The van der Waals surface area contributed by atoms with Crippen LogP contribution >= 0.6 is 0 Å². The SMILES string of the molecule is CCC(C)C(N)C(=O)c1ccccc1. The van der Waals surface area contributed by atoms with Gasteiger partial charge < -0.3 is 5.73 Å². The van der Waals surface area contributed by atoms with Gasteiger partial charge in [0.15, 0.2) is 5.78 Å². The van der Waals surface area contributed by atoms with Gasteiger partial charge in [-0.2, -0.15) is 0 Å². The molecule has 0 saturated carbocycles. The summed E-state index contributed by atoms with van der Waals surface area (Å²) in [5, 5.41) is 0. The molecule has 2 atom stereocenters. The van der Waals surface area contributed by atoms with Crippen molar-refractivity contribution < 1.29 is 4.79 Å². The Balaban J connectivity index is 2.76. The number of nitrogens with two attached hydrogens (primary N) is 1. The molecule has 0 spiro atoms. The van der Waals surface area contributed by atoms with Crippen LogP contribution in [0.5, 0.6) is 0 Å². The minimum absolute atomic E-state index is 0.0416. The molecule has 0 aliphatic heterocycles. The molecular weight excluding hydrogens is 174 g/mol. The Morgan fingerprint density at radius 2 is 1.93 bits per heavy atom. The number of carbonyl (C=O) groups excluding carboxylic acids is 1. The van der Waals surface area contributed by atoms with E-state index in [1.54, 1.807) is 0 Å². The number of benzene rings is 1. The lowest BCUT2D eigenvalue weighted by atomic mass is 9.93. The highest BCUT2D eigenvalue weighted by molar-refractivity contribution is 6.00. The van der Waals surface area contributed by atoms with Crippen molar-refractivity contribution in [2.24, 2.45) is 11.7 Å². The molecule has 0 aliphatic carbocycles. The summed E-state index contributed by atoms with van der Waals surface area (Å²) in [6.07, 6.45) is 0.930. The van der Waals surface area contributed by atoms with Crippen molar-refractivity contribution in [3.05, 3.63) is 35.9 Å². The molecule has 2 N–H and O–H groups in total. The van der Waals surface area contributed by atoms with Gasteiger partial charge in [-0.15, -0.1) is 0 Å². The van der Waals surface area contributed by atoms with Crippen molar-refractivity contribution in [2.75, 3.05) is 0 Å². The van der Waals surface area contributed by atoms with E-state index in [2.05, 4.69) is 0 Å². The third kappa shape index (κ3) is 2.42. The average Bonchev–Trinajstić information content (AvgIpc) is 2.27. The van der Waals surface area contributed by atoms with Gasteiger partial charge in [-0.1, -0.05) is 50.6 Å². The van der Waals surface area contributed by atoms with Gasteiger partial charge in [0.05, 0.1) is 6.04 Å². The average molecular weight is 191 g/mol. The molecule has 1 rings (SSSR count). The Hall–Kier alpha value is -1.15. The number of carbonyl (C=O) groups is 1. The molecule has 0 heterocycles. The Morgan fingerprint density at radius 1 is 1.36 bits per heavy atom. The van der Waals surface area contributed by atoms with Crippen LogP contribution in [0.25, 0.3) is 0 Å². The fourth-order valence-electron chi connectivity index (χ4n) is 1.31. The van der Waals surface area contributed by atoms with E-state index in [1.807, 2.05) is 44.2 Å². The Bertz CT molecular complexity index is 294. The van der Waals surface area contributed by atoms with E-state index in [0.717, 1.165) is 6.42 Å². The topological polar surface area (TPSA) is 43.1 Å². The molecule has 0 radical (unpaired) electrons. The fourth-order valence-corrected chi connectivity index (χ4v) is 1.31. The summed E-state index contributed by atoms with van der Waals surface area (Å²) in [4.78, 5) is 11.8. The Kier molecular flexibility index (Phi) is 3.84. The first-order valence-corrected chi connectivity index (χ1v) is 5.01. The molecule has 76 valence electrons. The van der Waals surface area contributed by atoms with Crippen molar-refractivity contribution >= 4 is 5.78 Å². The molecule has 0 fully saturated rings. The summed E-state index contributed by atoms with van der Waals surface area (Å²) in [6.45, 7) is 4.05. The number of rotatable bonds is 4. The Labute approximate surface area is 85.1 Å². The van der Waals surface area contributed by atoms with Gasteiger partial charge in [-0.3, -0.25) is 4.79 Å². The molecular formula is C12H17NO. The van der Waals surface area contributed by atoms with Crippen LogP contribution in [0, 0.1) is 5.92 Å². The van der Waals surface area contributed by atoms with Gasteiger partial charge in [0.1, 0.15) is 0 Å². The molecule has 2 unspecified atom stereocenters. The molecule has 0 saturated heterocycles. The van der Waals surface area contributed by atoms with Gasteiger partial charge in [0, 0.05) is 5.56 Å². The third-order valence-electron chi connectivity index (χ3n) is 2.62. The first-order chi connectivity index (χ1) is 6.66. The quantitative estimate of drug-likeness (QED) is 0.742. The predicted octanol–water partition coefficient (Wildman–Crippen LogP) is 2.24. The Morgan fingerprint density at radius 3 is 2.43 bits per heavy atom. The minimum atomic E-state index is -0.373.